The van der Waals surface area contributed by atoms with E-state index in [1.54, 1.807) is 0 Å². The summed E-state index contributed by atoms with van der Waals surface area (Å²) >= 11 is 0. The van der Waals surface area contributed by atoms with E-state index in [0.717, 1.165) is 16.8 Å². The first-order chi connectivity index (χ1) is 21.6. The number of carbonyl (C=O) groups excluding carboxylic acids is 1. The van der Waals surface area contributed by atoms with Crippen molar-refractivity contribution in [1.82, 2.24) is 28.0 Å². The van der Waals surface area contributed by atoms with Crippen LogP contribution in [0.15, 0.2) is 59.8 Å². The lowest BCUT2D eigenvalue weighted by atomic mass is 9.98. The van der Waals surface area contributed by atoms with Gasteiger partial charge in [0.2, 0.25) is 0 Å². The number of H-pyrrole nitrogens is 1. The summed E-state index contributed by atoms with van der Waals surface area (Å²) in [6, 6.07) is 0.936. The summed E-state index contributed by atoms with van der Waals surface area (Å²) in [4.78, 5) is 62.8. The third kappa shape index (κ3) is 12.2. The van der Waals surface area contributed by atoms with Gasteiger partial charge in [-0.15, -0.1) is 19.7 Å². The summed E-state index contributed by atoms with van der Waals surface area (Å²) in [5.41, 5.74) is -1.75. The highest BCUT2D eigenvalue weighted by Gasteiger charge is 2.50. The molecule has 2 saturated heterocycles. The highest BCUT2D eigenvalue weighted by Crippen LogP contribution is 2.55. The van der Waals surface area contributed by atoms with Crippen molar-refractivity contribution in [2.45, 2.75) is 55.2 Å². The first-order valence-electron chi connectivity index (χ1n) is 13.4. The minimum Gasteiger partial charge on any atom is -0.778 e. The lowest BCUT2D eigenvalue weighted by Gasteiger charge is -2.47. The average molecular weight is 750 g/mol. The number of carbonyl (C=O) groups is 1. The van der Waals surface area contributed by atoms with Gasteiger partial charge in [-0.3, -0.25) is 14.3 Å². The number of aliphatic hydroxyl groups is 2. The number of carboxylic acids is 1. The first kappa shape index (κ1) is 46.3. The number of hydrogen-bond acceptors (Lipinski definition) is 17. The normalized spacial score (nSPS) is 30.2. The van der Waals surface area contributed by atoms with Crippen LogP contribution >= 0.6 is 15.2 Å². The fourth-order valence-electron chi connectivity index (χ4n) is 4.53. The first-order valence-corrected chi connectivity index (χ1v) is 16.9. The molecule has 0 aliphatic carbocycles. The summed E-state index contributed by atoms with van der Waals surface area (Å²) in [5, 5.41) is 32.6. The Morgan fingerprint density at radius 1 is 0.918 bits per heavy atom. The monoisotopic (exact) mass is 749 g/mol. The number of ether oxygens (including phenoxy) is 5. The van der Waals surface area contributed by atoms with Crippen LogP contribution in [0.5, 0.6) is 0 Å². The molecule has 0 spiro atoms. The Morgan fingerprint density at radius 3 is 2.00 bits per heavy atom. The molecule has 0 amide bonds. The zero-order valence-corrected chi connectivity index (χ0v) is 28.9. The predicted octanol–water partition coefficient (Wildman–Crippen LogP) is -2.43. The van der Waals surface area contributed by atoms with Crippen LogP contribution in [-0.4, -0.2) is 107 Å². The average Bonchev–Trinajstić information content (AvgIpc) is 3.25. The van der Waals surface area contributed by atoms with Crippen LogP contribution in [0.25, 0.3) is 0 Å². The maximum Gasteiger partial charge on any atom is 0.330 e. The molecule has 2 aliphatic rings. The van der Waals surface area contributed by atoms with E-state index in [-0.39, 0.29) is 38.3 Å². The van der Waals surface area contributed by atoms with E-state index in [1.165, 1.54) is 18.2 Å². The van der Waals surface area contributed by atoms with E-state index >= 15 is 0 Å². The summed E-state index contributed by atoms with van der Waals surface area (Å²) in [5.74, 6) is -3.62. The van der Waals surface area contributed by atoms with Gasteiger partial charge in [-0.1, -0.05) is 18.2 Å². The zero-order valence-electron chi connectivity index (χ0n) is 27.1. The third-order valence-corrected chi connectivity index (χ3v) is 10.3. The van der Waals surface area contributed by atoms with Crippen molar-refractivity contribution in [2.75, 3.05) is 32.3 Å². The van der Waals surface area contributed by atoms with Crippen LogP contribution in [0.1, 0.15) is 6.23 Å². The quantitative estimate of drug-likeness (QED) is 0.0671. The second kappa shape index (κ2) is 20.2. The number of nitrogens with zero attached hydrogens (tertiary/aromatic N) is 1. The topological polar surface area (TPSA) is 390 Å². The molecule has 2 unspecified atom stereocenters. The summed E-state index contributed by atoms with van der Waals surface area (Å²) in [6.45, 7) is 8.86. The highest BCUT2D eigenvalue weighted by molar-refractivity contribution is 7.69. The van der Waals surface area contributed by atoms with Gasteiger partial charge in [-0.2, -0.15) is 0 Å². The van der Waals surface area contributed by atoms with Gasteiger partial charge in [0.05, 0.1) is 38.3 Å². The lowest BCUT2D eigenvalue weighted by Crippen LogP contribution is -2.64. The minimum atomic E-state index is -5.52. The lowest BCUT2D eigenvalue weighted by molar-refractivity contribution is -0.352. The van der Waals surface area contributed by atoms with E-state index in [1.807, 2.05) is 4.98 Å². The van der Waals surface area contributed by atoms with Gasteiger partial charge in [0.1, 0.15) is 57.9 Å². The Kier molecular flexibility index (Phi) is 19.1. The van der Waals surface area contributed by atoms with Crippen molar-refractivity contribution in [1.29, 1.82) is 0 Å². The molecule has 15 N–H and O–H groups in total. The van der Waals surface area contributed by atoms with E-state index < -0.39 is 100 Å². The second-order valence-electron chi connectivity index (χ2n) is 9.83. The molecule has 2 aliphatic heterocycles. The summed E-state index contributed by atoms with van der Waals surface area (Å²) in [6.07, 6.45) is -10.2. The van der Waals surface area contributed by atoms with E-state index in [4.69, 9.17) is 32.7 Å². The smallest absolute Gasteiger partial charge is 0.330 e. The standard InChI is InChI=1S/C25H36N2O17P2.3H3N/c1-4-9-38-18-19(39-10-5-2)21(40-11-6-3)24(43-20(18)23(31)32)44-46(36,37)13-45(34,35)41-12-14-16(29)17(30)22(42-14)27-8-7-15(28)26-25(27)33;;;/h4-8,14,16-22,24,29-30H,1-3,9-13H2,(H,31,32)(H,34,35)(H,36,37)(H,26,28,33);3*1H3/t14-,16-,17-,18+,19+,20+,21-,22-,24-;;;/m1.../s1. The largest absolute Gasteiger partial charge is 0.778 e. The van der Waals surface area contributed by atoms with Crippen LogP contribution in [0, 0.1) is 0 Å². The van der Waals surface area contributed by atoms with Crippen molar-refractivity contribution in [3.63, 3.8) is 0 Å². The molecule has 2 fully saturated rings. The molecule has 1 aromatic heterocycles. The fourth-order valence-corrected chi connectivity index (χ4v) is 7.68. The summed E-state index contributed by atoms with van der Waals surface area (Å²) < 4.78 is 63.4. The Bertz CT molecular complexity index is 1460. The number of quaternary nitrogens is 3. The fraction of sp³-hybridized carbons (Fsp3) is 0.560. The highest BCUT2D eigenvalue weighted by atomic mass is 31.2. The molecule has 0 saturated carbocycles. The molecule has 49 heavy (non-hydrogen) atoms. The number of nitrogens with one attached hydrogen (secondary N) is 1. The van der Waals surface area contributed by atoms with E-state index in [9.17, 15) is 48.6 Å². The third-order valence-electron chi connectivity index (χ3n) is 6.46. The molecule has 0 aromatic carbocycles. The zero-order chi connectivity index (χ0) is 34.2. The van der Waals surface area contributed by atoms with Gasteiger partial charge in [0.15, 0.2) is 12.5 Å². The van der Waals surface area contributed by atoms with Gasteiger partial charge >= 0.3 is 5.69 Å². The van der Waals surface area contributed by atoms with Crippen LogP contribution in [0.2, 0.25) is 0 Å². The molecule has 1 aromatic rings. The van der Waals surface area contributed by atoms with Crippen LogP contribution < -0.4 is 44.6 Å². The maximum absolute atomic E-state index is 12.9. The Balaban J connectivity index is 0.00000768. The molecule has 3 rings (SSSR count). The van der Waals surface area contributed by atoms with Crippen molar-refractivity contribution in [3.8, 4) is 0 Å². The molecular formula is C25H45N5O17P2. The SMILES string of the molecule is C=CCO[C@@H]1[C@@H](OCC=C)[C@@H](OP(=O)([O-])CP(=O)([O-])OC[C@H]2O[C@@H](n3ccc(=O)[nH]c3=O)[C@H](O)[C@@H]2O)O[C@H](C(=O)[O-])[C@H]1OCC=C.[NH4+].[NH4+].[NH4+]. The Labute approximate surface area is 279 Å². The number of rotatable bonds is 18. The van der Waals surface area contributed by atoms with Crippen molar-refractivity contribution in [2.24, 2.45) is 0 Å². The molecule has 0 radical (unpaired) electrons. The van der Waals surface area contributed by atoms with Crippen molar-refractivity contribution in [3.05, 3.63) is 71.1 Å². The maximum atomic E-state index is 12.9. The van der Waals surface area contributed by atoms with Crippen LogP contribution in [0.3, 0.4) is 0 Å². The Morgan fingerprint density at radius 2 is 1.47 bits per heavy atom. The molecule has 282 valence electrons. The molecule has 0 bridgehead atoms. The predicted molar refractivity (Wildman–Crippen MR) is 166 cm³/mol. The van der Waals surface area contributed by atoms with Crippen LogP contribution in [0.4, 0.5) is 0 Å². The van der Waals surface area contributed by atoms with E-state index in [0.29, 0.717) is 0 Å². The molecule has 3 heterocycles. The Hall–Kier alpha value is -2.73. The number of hydrogen-bond donors (Lipinski definition) is 6. The van der Waals surface area contributed by atoms with Gasteiger partial charge in [0.25, 0.3) is 5.56 Å². The van der Waals surface area contributed by atoms with Crippen LogP contribution in [-0.2, 0) is 46.7 Å². The van der Waals surface area contributed by atoms with Gasteiger partial charge in [-0.25, -0.2) is 4.79 Å². The number of aliphatic hydroxyl groups excluding tert-OH is 2. The molecular weight excluding hydrogens is 704 g/mol. The minimum absolute atomic E-state index is 0. The van der Waals surface area contributed by atoms with E-state index in [2.05, 4.69) is 19.7 Å². The van der Waals surface area contributed by atoms with Gasteiger partial charge in [-0.05, 0) is 0 Å². The molecule has 22 nitrogen and oxygen atoms in total. The summed E-state index contributed by atoms with van der Waals surface area (Å²) in [7, 11) is -10.9. The van der Waals surface area contributed by atoms with Crippen molar-refractivity contribution < 1.29 is 71.8 Å². The number of aliphatic carboxylic acids is 1. The van der Waals surface area contributed by atoms with Gasteiger partial charge < -0.3 is 90.2 Å². The molecule has 11 atom stereocenters. The number of aromatic nitrogens is 2. The second-order valence-corrected chi connectivity index (χ2v) is 13.9. The molecule has 24 heteroatoms. The van der Waals surface area contributed by atoms with Crippen molar-refractivity contribution >= 4 is 21.2 Å². The van der Waals surface area contributed by atoms with Gasteiger partial charge in [0, 0.05) is 12.3 Å². The number of carboxylic acid groups (broad SMARTS) is 1. The number of aromatic amines is 1.